The second kappa shape index (κ2) is 11.4. The normalized spacial score (nSPS) is 26.4. The summed E-state index contributed by atoms with van der Waals surface area (Å²) >= 11 is 0. The molecule has 0 aliphatic heterocycles. The summed E-state index contributed by atoms with van der Waals surface area (Å²) in [5.41, 5.74) is 5.74. The average molecular weight is 636 g/mol. The Hall–Kier alpha value is -4.43. The van der Waals surface area contributed by atoms with Gasteiger partial charge in [-0.15, -0.1) is 0 Å². The lowest BCUT2D eigenvalue weighted by atomic mass is 9.54. The monoisotopic (exact) mass is 635 g/mol. The molecule has 1 amide bonds. The third-order valence-electron chi connectivity index (χ3n) is 11.4. The number of benzene rings is 3. The lowest BCUT2D eigenvalue weighted by Crippen LogP contribution is -2.62. The van der Waals surface area contributed by atoms with Gasteiger partial charge in [-0.2, -0.15) is 0 Å². The fourth-order valence-corrected chi connectivity index (χ4v) is 9.21. The SMILES string of the molecule is CC(C)[C@@H]1C(=O)C(C(N)=O)=C(O)[C@@]2(O)C(=O)C3=C(O)c4c(O)ccc(-c5ccc(CC6CCCCC6)c6ccccc56)c4C[C@H]3C[C@@H]12. The molecule has 2 fully saturated rings. The number of aromatic hydroxyl groups is 1. The van der Waals surface area contributed by atoms with Crippen LogP contribution in [0.15, 0.2) is 65.4 Å². The predicted molar refractivity (Wildman–Crippen MR) is 178 cm³/mol. The highest BCUT2D eigenvalue weighted by Crippen LogP contribution is 2.55. The van der Waals surface area contributed by atoms with Crippen molar-refractivity contribution < 1.29 is 34.8 Å². The summed E-state index contributed by atoms with van der Waals surface area (Å²) in [6, 6.07) is 15.9. The number of carbonyl (C=O) groups is 3. The molecule has 244 valence electrons. The number of fused-ring (bicyclic) bond motifs is 4. The Morgan fingerprint density at radius 3 is 2.30 bits per heavy atom. The van der Waals surface area contributed by atoms with Crippen LogP contribution in [0.4, 0.5) is 0 Å². The molecule has 3 aromatic rings. The maximum Gasteiger partial charge on any atom is 0.255 e. The molecule has 7 rings (SSSR count). The lowest BCUT2D eigenvalue weighted by Gasteiger charge is -2.50. The summed E-state index contributed by atoms with van der Waals surface area (Å²) in [5, 5.41) is 48.1. The van der Waals surface area contributed by atoms with Gasteiger partial charge in [0.25, 0.3) is 5.91 Å². The predicted octanol–water partition coefficient (Wildman–Crippen LogP) is 6.25. The van der Waals surface area contributed by atoms with Gasteiger partial charge in [-0.25, -0.2) is 0 Å². The van der Waals surface area contributed by atoms with Gasteiger partial charge >= 0.3 is 0 Å². The molecule has 4 aliphatic rings. The van der Waals surface area contributed by atoms with E-state index in [0.29, 0.717) is 11.5 Å². The number of phenolic OH excluding ortho intramolecular Hbond substituents is 1. The third kappa shape index (κ3) is 4.63. The first-order chi connectivity index (χ1) is 22.4. The highest BCUT2D eigenvalue weighted by molar-refractivity contribution is 6.23. The number of aliphatic hydroxyl groups is 3. The van der Waals surface area contributed by atoms with Crippen molar-refractivity contribution >= 4 is 34.0 Å². The molecule has 0 bridgehead atoms. The fourth-order valence-electron chi connectivity index (χ4n) is 9.21. The highest BCUT2D eigenvalue weighted by Gasteiger charge is 2.64. The number of nitrogens with two attached hydrogens (primary N) is 1. The topological polar surface area (TPSA) is 158 Å². The largest absolute Gasteiger partial charge is 0.508 e. The maximum atomic E-state index is 14.2. The number of hydrogen-bond donors (Lipinski definition) is 5. The molecule has 0 heterocycles. The molecule has 0 radical (unpaired) electrons. The number of rotatable bonds is 5. The summed E-state index contributed by atoms with van der Waals surface area (Å²) in [7, 11) is 0. The Bertz CT molecular complexity index is 1910. The van der Waals surface area contributed by atoms with Crippen LogP contribution in [0.25, 0.3) is 27.7 Å². The van der Waals surface area contributed by atoms with Crippen LogP contribution in [-0.2, 0) is 27.2 Å². The van der Waals surface area contributed by atoms with Gasteiger partial charge in [-0.1, -0.05) is 88.4 Å². The van der Waals surface area contributed by atoms with Gasteiger partial charge in [0.15, 0.2) is 11.4 Å². The van der Waals surface area contributed by atoms with E-state index in [-0.39, 0.29) is 35.6 Å². The van der Waals surface area contributed by atoms with Crippen LogP contribution >= 0.6 is 0 Å². The summed E-state index contributed by atoms with van der Waals surface area (Å²) in [4.78, 5) is 40.0. The second-order valence-electron chi connectivity index (χ2n) is 14.3. The van der Waals surface area contributed by atoms with E-state index in [2.05, 4.69) is 24.3 Å². The van der Waals surface area contributed by atoms with E-state index in [1.165, 1.54) is 49.1 Å². The molecule has 0 aromatic heterocycles. The molecule has 47 heavy (non-hydrogen) atoms. The number of aliphatic hydroxyl groups excluding tert-OH is 2. The van der Waals surface area contributed by atoms with Gasteiger partial charge < -0.3 is 26.2 Å². The molecule has 8 heteroatoms. The Morgan fingerprint density at radius 2 is 1.62 bits per heavy atom. The summed E-state index contributed by atoms with van der Waals surface area (Å²) in [6.45, 7) is 3.51. The van der Waals surface area contributed by atoms with Crippen molar-refractivity contribution in [1.82, 2.24) is 0 Å². The summed E-state index contributed by atoms with van der Waals surface area (Å²) in [6.07, 6.45) is 7.69. The number of ketones is 2. The van der Waals surface area contributed by atoms with Crippen LogP contribution in [-0.4, -0.2) is 43.5 Å². The van der Waals surface area contributed by atoms with Gasteiger partial charge in [0.1, 0.15) is 22.8 Å². The Labute approximate surface area is 273 Å². The fraction of sp³-hybridized carbons (Fsp3) is 0.410. The zero-order valence-electron chi connectivity index (χ0n) is 26.8. The Kier molecular flexibility index (Phi) is 7.54. The minimum absolute atomic E-state index is 0.0853. The van der Waals surface area contributed by atoms with Crippen LogP contribution in [0.2, 0.25) is 0 Å². The Balaban J connectivity index is 1.37. The van der Waals surface area contributed by atoms with E-state index in [4.69, 9.17) is 5.73 Å². The van der Waals surface area contributed by atoms with Gasteiger partial charge in [0, 0.05) is 17.4 Å². The van der Waals surface area contributed by atoms with Gasteiger partial charge in [0.2, 0.25) is 5.78 Å². The molecular formula is C39H41NO7. The van der Waals surface area contributed by atoms with E-state index in [0.717, 1.165) is 22.9 Å². The van der Waals surface area contributed by atoms with E-state index < -0.39 is 57.9 Å². The standard InChI is InChI=1S/C39H41NO7/c1-19(2)30-28-18-22-17-27-26(25-13-12-21(16-20-8-4-3-5-9-20)23-10-6-7-11-24(23)25)14-15-29(41)32(27)35(43)31(22)36(44)39(28,47)37(45)33(34(30)42)38(40)46/h6-7,10-15,19-20,22,28,30,41,43,45,47H,3-5,8-9,16-18H2,1-2H3,(H2,40,46)/t22-,28-,30-,39-/m0/s1. The summed E-state index contributed by atoms with van der Waals surface area (Å²) < 4.78 is 0. The van der Waals surface area contributed by atoms with Crippen molar-refractivity contribution in [2.45, 2.75) is 70.8 Å². The molecule has 3 aromatic carbocycles. The molecule has 0 unspecified atom stereocenters. The molecule has 4 aliphatic carbocycles. The minimum atomic E-state index is -2.62. The number of Topliss-reactive ketones (excluding diaryl/α,β-unsaturated/α-hetero) is 2. The van der Waals surface area contributed by atoms with Crippen molar-refractivity contribution in [3.8, 4) is 16.9 Å². The van der Waals surface area contributed by atoms with E-state index >= 15 is 0 Å². The van der Waals surface area contributed by atoms with E-state index in [1.807, 2.05) is 18.2 Å². The lowest BCUT2D eigenvalue weighted by molar-refractivity contribution is -0.155. The van der Waals surface area contributed by atoms with Crippen LogP contribution in [0.1, 0.15) is 69.1 Å². The number of hydrogen-bond acceptors (Lipinski definition) is 7. The molecule has 8 nitrogen and oxygen atoms in total. The van der Waals surface area contributed by atoms with Crippen molar-refractivity contribution in [1.29, 1.82) is 0 Å². The number of amides is 1. The van der Waals surface area contributed by atoms with Crippen LogP contribution in [0.3, 0.4) is 0 Å². The average Bonchev–Trinajstić information content (AvgIpc) is 3.03. The smallest absolute Gasteiger partial charge is 0.255 e. The van der Waals surface area contributed by atoms with Crippen molar-refractivity contribution in [3.63, 3.8) is 0 Å². The molecule has 6 N–H and O–H groups in total. The van der Waals surface area contributed by atoms with Crippen molar-refractivity contribution in [2.75, 3.05) is 0 Å². The van der Waals surface area contributed by atoms with Gasteiger partial charge in [-0.3, -0.25) is 14.4 Å². The van der Waals surface area contributed by atoms with E-state index in [9.17, 15) is 34.8 Å². The number of phenols is 1. The minimum Gasteiger partial charge on any atom is -0.508 e. The number of primary amides is 1. The molecular weight excluding hydrogens is 594 g/mol. The summed E-state index contributed by atoms with van der Waals surface area (Å²) in [5.74, 6) is -7.02. The molecule has 4 atom stereocenters. The zero-order chi connectivity index (χ0) is 33.4. The second-order valence-corrected chi connectivity index (χ2v) is 14.3. The maximum absolute atomic E-state index is 14.2. The Morgan fingerprint density at radius 1 is 0.936 bits per heavy atom. The molecule has 0 saturated heterocycles. The van der Waals surface area contributed by atoms with Crippen molar-refractivity contribution in [3.05, 3.63) is 82.1 Å². The quantitative estimate of drug-likeness (QED) is 0.207. The molecule has 2 saturated carbocycles. The van der Waals surface area contributed by atoms with Crippen LogP contribution in [0.5, 0.6) is 5.75 Å². The number of carbonyl (C=O) groups excluding carboxylic acids is 3. The molecule has 0 spiro atoms. The van der Waals surface area contributed by atoms with Crippen LogP contribution in [0, 0.1) is 29.6 Å². The first-order valence-electron chi connectivity index (χ1n) is 16.8. The first kappa shape index (κ1) is 31.2. The van der Waals surface area contributed by atoms with E-state index in [1.54, 1.807) is 13.8 Å². The van der Waals surface area contributed by atoms with Crippen LogP contribution < -0.4 is 5.73 Å². The highest BCUT2D eigenvalue weighted by atomic mass is 16.3. The van der Waals surface area contributed by atoms with Gasteiger partial charge in [-0.05, 0) is 76.1 Å². The van der Waals surface area contributed by atoms with Crippen molar-refractivity contribution in [2.24, 2.45) is 35.3 Å². The third-order valence-corrected chi connectivity index (χ3v) is 11.4. The van der Waals surface area contributed by atoms with Gasteiger partial charge in [0.05, 0.1) is 5.56 Å². The first-order valence-corrected chi connectivity index (χ1v) is 16.8. The zero-order valence-corrected chi connectivity index (χ0v) is 26.8.